The number of carbonyl (C=O) groups excluding carboxylic acids is 1. The van der Waals surface area contributed by atoms with Gasteiger partial charge in [-0.25, -0.2) is 18.1 Å². The summed E-state index contributed by atoms with van der Waals surface area (Å²) in [5.41, 5.74) is 3.24. The Morgan fingerprint density at radius 2 is 1.97 bits per heavy atom. The number of unbranched alkanes of at least 4 members (excludes halogenated alkanes) is 1. The number of nitrogens with zero attached hydrogens (tertiary/aromatic N) is 5. The lowest BCUT2D eigenvalue weighted by Gasteiger charge is -2.34. The zero-order valence-corrected chi connectivity index (χ0v) is 20.7. The van der Waals surface area contributed by atoms with Crippen LogP contribution in [0.2, 0.25) is 0 Å². The number of hydrogen-bond acceptors (Lipinski definition) is 6. The zero-order valence-electron chi connectivity index (χ0n) is 19.0. The smallest absolute Gasteiger partial charge is 0.254 e. The number of pyridine rings is 1. The highest BCUT2D eigenvalue weighted by Crippen LogP contribution is 2.40. The summed E-state index contributed by atoms with van der Waals surface area (Å²) in [6, 6.07) is 5.33. The van der Waals surface area contributed by atoms with Crippen molar-refractivity contribution in [2.24, 2.45) is 0 Å². The second-order valence-electron chi connectivity index (χ2n) is 8.86. The Kier molecular flexibility index (Phi) is 6.00. The Balaban J connectivity index is 1.42. The SMILES string of the molecule is CCCCn1nc(C)c2c(C(=O)N3CCN(S(=O)(=O)c4cccs4)CC3)cc(C3CC3)nc21. The van der Waals surface area contributed by atoms with Crippen molar-refractivity contribution < 1.29 is 13.2 Å². The molecule has 3 aromatic heterocycles. The van der Waals surface area contributed by atoms with Crippen molar-refractivity contribution in [2.75, 3.05) is 26.2 Å². The van der Waals surface area contributed by atoms with E-state index < -0.39 is 10.0 Å². The van der Waals surface area contributed by atoms with E-state index in [1.165, 1.54) is 15.6 Å². The van der Waals surface area contributed by atoms with Gasteiger partial charge >= 0.3 is 0 Å². The van der Waals surface area contributed by atoms with Crippen LogP contribution in [0.5, 0.6) is 0 Å². The first kappa shape index (κ1) is 22.5. The lowest BCUT2D eigenvalue weighted by atomic mass is 10.1. The van der Waals surface area contributed by atoms with E-state index in [1.54, 1.807) is 22.4 Å². The summed E-state index contributed by atoms with van der Waals surface area (Å²) in [5, 5.41) is 7.30. The van der Waals surface area contributed by atoms with Crippen molar-refractivity contribution in [3.63, 3.8) is 0 Å². The highest BCUT2D eigenvalue weighted by Gasteiger charge is 2.33. The molecule has 2 fully saturated rings. The summed E-state index contributed by atoms with van der Waals surface area (Å²) < 4.78 is 29.5. The van der Waals surface area contributed by atoms with Gasteiger partial charge in [0.05, 0.1) is 16.6 Å². The summed E-state index contributed by atoms with van der Waals surface area (Å²) in [6.45, 7) is 6.20. The van der Waals surface area contributed by atoms with Gasteiger partial charge in [0.1, 0.15) is 4.21 Å². The number of aromatic nitrogens is 3. The van der Waals surface area contributed by atoms with Crippen LogP contribution in [0.1, 0.15) is 60.3 Å². The maximum absolute atomic E-state index is 13.7. The average Bonchev–Trinajstić information content (AvgIpc) is 3.42. The predicted molar refractivity (Wildman–Crippen MR) is 128 cm³/mol. The number of fused-ring (bicyclic) bond motifs is 1. The third-order valence-electron chi connectivity index (χ3n) is 6.46. The molecule has 0 radical (unpaired) electrons. The van der Waals surface area contributed by atoms with Gasteiger partial charge in [0.25, 0.3) is 15.9 Å². The van der Waals surface area contributed by atoms with Gasteiger partial charge in [0.2, 0.25) is 0 Å². The monoisotopic (exact) mass is 487 g/mol. The van der Waals surface area contributed by atoms with Crippen LogP contribution in [0, 0.1) is 6.92 Å². The predicted octanol–water partition coefficient (Wildman–Crippen LogP) is 3.63. The molecular formula is C23H29N5O3S2. The van der Waals surface area contributed by atoms with Gasteiger partial charge in [-0.15, -0.1) is 11.3 Å². The maximum Gasteiger partial charge on any atom is 0.254 e. The molecule has 8 nitrogen and oxygen atoms in total. The average molecular weight is 488 g/mol. The molecule has 0 unspecified atom stereocenters. The van der Waals surface area contributed by atoms with E-state index in [4.69, 9.17) is 10.1 Å². The number of carbonyl (C=O) groups is 1. The molecule has 10 heteroatoms. The summed E-state index contributed by atoms with van der Waals surface area (Å²) in [5.74, 6) is 0.360. The molecule has 0 aromatic carbocycles. The Morgan fingerprint density at radius 3 is 2.61 bits per heavy atom. The number of piperazine rings is 1. The maximum atomic E-state index is 13.7. The van der Waals surface area contributed by atoms with Gasteiger partial charge in [-0.2, -0.15) is 9.40 Å². The summed E-state index contributed by atoms with van der Waals surface area (Å²) >= 11 is 1.22. The van der Waals surface area contributed by atoms with E-state index in [0.717, 1.165) is 54.6 Å². The highest BCUT2D eigenvalue weighted by atomic mass is 32.2. The summed E-state index contributed by atoms with van der Waals surface area (Å²) in [6.07, 6.45) is 4.28. The Bertz CT molecular complexity index is 1270. The van der Waals surface area contributed by atoms with Crippen LogP contribution < -0.4 is 0 Å². The first-order valence-electron chi connectivity index (χ1n) is 11.6. The van der Waals surface area contributed by atoms with Crippen LogP contribution in [-0.2, 0) is 16.6 Å². The Morgan fingerprint density at radius 1 is 1.21 bits per heavy atom. The first-order valence-corrected chi connectivity index (χ1v) is 13.9. The van der Waals surface area contributed by atoms with Crippen molar-refractivity contribution in [1.29, 1.82) is 0 Å². The highest BCUT2D eigenvalue weighted by molar-refractivity contribution is 7.91. The minimum atomic E-state index is -3.50. The molecule has 3 aromatic rings. The van der Waals surface area contributed by atoms with E-state index in [9.17, 15) is 13.2 Å². The van der Waals surface area contributed by atoms with E-state index in [2.05, 4.69) is 6.92 Å². The minimum absolute atomic E-state index is 0.0596. The second kappa shape index (κ2) is 8.81. The van der Waals surface area contributed by atoms with Crippen LogP contribution in [0.4, 0.5) is 0 Å². The molecule has 0 spiro atoms. The summed E-state index contributed by atoms with van der Waals surface area (Å²) in [4.78, 5) is 20.4. The molecule has 1 saturated carbocycles. The van der Waals surface area contributed by atoms with Crippen LogP contribution in [0.3, 0.4) is 0 Å². The fraction of sp³-hybridized carbons (Fsp3) is 0.522. The molecule has 1 amide bonds. The molecule has 1 saturated heterocycles. The van der Waals surface area contributed by atoms with Gasteiger partial charge in [-0.05, 0) is 43.7 Å². The molecule has 0 bridgehead atoms. The van der Waals surface area contributed by atoms with E-state index in [1.807, 2.05) is 17.7 Å². The van der Waals surface area contributed by atoms with E-state index >= 15 is 0 Å². The van der Waals surface area contributed by atoms with Crippen molar-refractivity contribution in [1.82, 2.24) is 24.0 Å². The molecule has 5 rings (SSSR count). The van der Waals surface area contributed by atoms with Gasteiger partial charge in [-0.3, -0.25) is 4.79 Å². The fourth-order valence-electron chi connectivity index (χ4n) is 4.43. The van der Waals surface area contributed by atoms with E-state index in [0.29, 0.717) is 41.9 Å². The molecule has 176 valence electrons. The Hall–Kier alpha value is -2.30. The third-order valence-corrected chi connectivity index (χ3v) is 9.73. The van der Waals surface area contributed by atoms with Crippen LogP contribution in [0.15, 0.2) is 27.8 Å². The van der Waals surface area contributed by atoms with E-state index in [-0.39, 0.29) is 5.91 Å². The number of sulfonamides is 1. The second-order valence-corrected chi connectivity index (χ2v) is 12.0. The van der Waals surface area contributed by atoms with Gasteiger partial charge in [-0.1, -0.05) is 19.4 Å². The molecule has 4 heterocycles. The Labute approximate surface area is 198 Å². The van der Waals surface area contributed by atoms with Crippen LogP contribution in [-0.4, -0.2) is 64.5 Å². The number of amides is 1. The van der Waals surface area contributed by atoms with Gasteiger partial charge < -0.3 is 4.90 Å². The first-order chi connectivity index (χ1) is 15.9. The molecule has 33 heavy (non-hydrogen) atoms. The molecule has 0 N–H and O–H groups in total. The normalized spacial score (nSPS) is 17.7. The summed E-state index contributed by atoms with van der Waals surface area (Å²) in [7, 11) is -3.50. The minimum Gasteiger partial charge on any atom is -0.336 e. The van der Waals surface area contributed by atoms with Crippen molar-refractivity contribution in [2.45, 2.75) is 56.2 Å². The largest absolute Gasteiger partial charge is 0.336 e. The standard InChI is InChI=1S/C23H29N5O3S2/c1-3-4-9-28-22-21(16(2)25-28)18(15-19(24-22)17-7-8-17)23(29)26-10-12-27(13-11-26)33(30,31)20-6-5-14-32-20/h5-6,14-15,17H,3-4,7-13H2,1-2H3. The van der Waals surface area contributed by atoms with Crippen LogP contribution >= 0.6 is 11.3 Å². The third kappa shape index (κ3) is 4.20. The van der Waals surface area contributed by atoms with Gasteiger partial charge in [0.15, 0.2) is 5.65 Å². The molecule has 0 atom stereocenters. The van der Waals surface area contributed by atoms with Crippen molar-refractivity contribution >= 4 is 38.3 Å². The van der Waals surface area contributed by atoms with Crippen molar-refractivity contribution in [3.8, 4) is 0 Å². The number of rotatable bonds is 7. The fourth-order valence-corrected chi connectivity index (χ4v) is 7.00. The molecule has 1 aliphatic carbocycles. The lowest BCUT2D eigenvalue weighted by molar-refractivity contribution is 0.0699. The number of hydrogen-bond donors (Lipinski definition) is 0. The van der Waals surface area contributed by atoms with Crippen LogP contribution in [0.25, 0.3) is 11.0 Å². The van der Waals surface area contributed by atoms with Crippen molar-refractivity contribution in [3.05, 3.63) is 40.5 Å². The number of aryl methyl sites for hydroxylation is 2. The molecule has 1 aliphatic heterocycles. The molecule has 2 aliphatic rings. The lowest BCUT2D eigenvalue weighted by Crippen LogP contribution is -2.50. The number of thiophene rings is 1. The molecular weight excluding hydrogens is 458 g/mol. The topological polar surface area (TPSA) is 88.4 Å². The quantitative estimate of drug-likeness (QED) is 0.508. The zero-order chi connectivity index (χ0) is 23.2. The van der Waals surface area contributed by atoms with Gasteiger partial charge in [0, 0.05) is 44.3 Å².